The maximum atomic E-state index is 13.1. The number of amidine groups is 1. The molecule has 0 aliphatic carbocycles. The third kappa shape index (κ3) is 3.03. The number of hydrogen-bond donors (Lipinski definition) is 0. The summed E-state index contributed by atoms with van der Waals surface area (Å²) in [6.07, 6.45) is 0. The monoisotopic (exact) mass is 342 g/mol. The third-order valence-corrected chi connectivity index (χ3v) is 6.43. The molecule has 1 aromatic carbocycles. The first-order valence-electron chi connectivity index (χ1n) is 6.81. The van der Waals surface area contributed by atoms with E-state index >= 15 is 0 Å². The van der Waals surface area contributed by atoms with Gasteiger partial charge in [0, 0.05) is 5.69 Å². The number of carbonyl (C=O) groups excluding carboxylic acids is 1. The summed E-state index contributed by atoms with van der Waals surface area (Å²) in [5.74, 6) is 0.00934. The van der Waals surface area contributed by atoms with Crippen LogP contribution in [0.2, 0.25) is 0 Å². The van der Waals surface area contributed by atoms with Gasteiger partial charge in [-0.3, -0.25) is 9.79 Å². The summed E-state index contributed by atoms with van der Waals surface area (Å²) in [4.78, 5) is 17.5. The molecule has 0 bridgehead atoms. The van der Waals surface area contributed by atoms with E-state index in [0.29, 0.717) is 10.9 Å². The lowest BCUT2D eigenvalue weighted by molar-refractivity contribution is -0.114. The van der Waals surface area contributed by atoms with Gasteiger partial charge >= 0.3 is 0 Å². The summed E-state index contributed by atoms with van der Waals surface area (Å²) in [7, 11) is -3.11. The molecular formula is C14H15FN2O3S2. The molecule has 1 aromatic rings. The summed E-state index contributed by atoms with van der Waals surface area (Å²) in [6, 6.07) is 5.28. The minimum Gasteiger partial charge on any atom is -0.315 e. The number of nitrogens with zero attached hydrogens (tertiary/aromatic N) is 2. The fourth-order valence-corrected chi connectivity index (χ4v) is 5.47. The van der Waals surface area contributed by atoms with E-state index in [1.54, 1.807) is 12.1 Å². The van der Waals surface area contributed by atoms with Gasteiger partial charge in [-0.1, -0.05) is 11.8 Å². The number of sulfone groups is 1. The summed E-state index contributed by atoms with van der Waals surface area (Å²) < 4.78 is 36.8. The molecule has 8 heteroatoms. The molecule has 0 spiro atoms. The van der Waals surface area contributed by atoms with Gasteiger partial charge in [0.2, 0.25) is 0 Å². The smallest absolute Gasteiger partial charge is 0.164 e. The maximum Gasteiger partial charge on any atom is 0.164 e. The van der Waals surface area contributed by atoms with Crippen LogP contribution in [0.15, 0.2) is 29.3 Å². The SMILES string of the molecule is CC(=O)CSC1=N[C@@H]2CS(=O)(=O)C[C@H]2N1c1ccc(F)cc1. The lowest BCUT2D eigenvalue weighted by atomic mass is 10.1. The summed E-state index contributed by atoms with van der Waals surface area (Å²) in [5, 5.41) is 0.631. The first-order valence-corrected chi connectivity index (χ1v) is 9.62. The van der Waals surface area contributed by atoms with Crippen molar-refractivity contribution in [3.63, 3.8) is 0 Å². The van der Waals surface area contributed by atoms with Crippen molar-refractivity contribution in [3.05, 3.63) is 30.1 Å². The standard InChI is InChI=1S/C14H15FN2O3S2/c1-9(18)6-21-14-16-12-7-22(19,20)8-13(12)17(14)11-4-2-10(15)3-5-11/h2-5,12-13H,6-8H2,1H3/t12-,13-/m1/s1. The van der Waals surface area contributed by atoms with Crippen LogP contribution in [-0.4, -0.2) is 48.7 Å². The Balaban J connectivity index is 1.93. The van der Waals surface area contributed by atoms with E-state index in [1.165, 1.54) is 30.8 Å². The predicted octanol–water partition coefficient (Wildman–Crippen LogP) is 1.49. The van der Waals surface area contributed by atoms with Crippen LogP contribution >= 0.6 is 11.8 Å². The number of Topliss-reactive ketones (excluding diaryl/α,β-unsaturated/α-hetero) is 1. The van der Waals surface area contributed by atoms with Crippen LogP contribution in [0.1, 0.15) is 6.92 Å². The Morgan fingerprint density at radius 1 is 1.36 bits per heavy atom. The van der Waals surface area contributed by atoms with Gasteiger partial charge in [0.15, 0.2) is 15.0 Å². The Morgan fingerprint density at radius 3 is 2.68 bits per heavy atom. The molecule has 2 aliphatic heterocycles. The van der Waals surface area contributed by atoms with Gasteiger partial charge in [-0.25, -0.2) is 12.8 Å². The van der Waals surface area contributed by atoms with Crippen LogP contribution in [0, 0.1) is 5.82 Å². The van der Waals surface area contributed by atoms with E-state index < -0.39 is 9.84 Å². The highest BCUT2D eigenvalue weighted by atomic mass is 32.2. The number of hydrogen-bond acceptors (Lipinski definition) is 6. The second kappa shape index (κ2) is 5.66. The van der Waals surface area contributed by atoms with Gasteiger partial charge in [0.05, 0.1) is 29.3 Å². The second-order valence-electron chi connectivity index (χ2n) is 5.46. The van der Waals surface area contributed by atoms with Crippen LogP contribution in [0.4, 0.5) is 10.1 Å². The fourth-order valence-electron chi connectivity index (χ4n) is 2.70. The first kappa shape index (κ1) is 15.5. The van der Waals surface area contributed by atoms with Crippen molar-refractivity contribution in [2.75, 3.05) is 22.2 Å². The zero-order chi connectivity index (χ0) is 15.9. The zero-order valence-electron chi connectivity index (χ0n) is 11.9. The van der Waals surface area contributed by atoms with Crippen molar-refractivity contribution in [1.82, 2.24) is 0 Å². The van der Waals surface area contributed by atoms with Crippen LogP contribution in [0.5, 0.6) is 0 Å². The largest absolute Gasteiger partial charge is 0.315 e. The number of rotatable bonds is 3. The summed E-state index contributed by atoms with van der Waals surface area (Å²) in [6.45, 7) is 1.50. The highest BCUT2D eigenvalue weighted by Crippen LogP contribution is 2.35. The van der Waals surface area contributed by atoms with Crippen molar-refractivity contribution in [1.29, 1.82) is 0 Å². The minimum absolute atomic E-state index is 0.0245. The van der Waals surface area contributed by atoms with Gasteiger partial charge in [-0.15, -0.1) is 0 Å². The van der Waals surface area contributed by atoms with E-state index in [0.717, 1.165) is 0 Å². The van der Waals surface area contributed by atoms with Crippen LogP contribution in [-0.2, 0) is 14.6 Å². The molecule has 2 atom stereocenters. The number of benzene rings is 1. The second-order valence-corrected chi connectivity index (χ2v) is 8.56. The minimum atomic E-state index is -3.11. The van der Waals surface area contributed by atoms with Gasteiger partial charge < -0.3 is 4.90 Å². The average molecular weight is 342 g/mol. The van der Waals surface area contributed by atoms with Gasteiger partial charge in [-0.2, -0.15) is 0 Å². The molecule has 0 unspecified atom stereocenters. The van der Waals surface area contributed by atoms with Crippen LogP contribution in [0.25, 0.3) is 0 Å². The molecule has 0 radical (unpaired) electrons. The third-order valence-electron chi connectivity index (χ3n) is 3.62. The number of halogens is 1. The van der Waals surface area contributed by atoms with Crippen molar-refractivity contribution >= 4 is 38.2 Å². The van der Waals surface area contributed by atoms with E-state index in [4.69, 9.17) is 0 Å². The highest BCUT2D eigenvalue weighted by molar-refractivity contribution is 8.14. The van der Waals surface area contributed by atoms with Crippen molar-refractivity contribution in [3.8, 4) is 0 Å². The predicted molar refractivity (Wildman–Crippen MR) is 85.7 cm³/mol. The highest BCUT2D eigenvalue weighted by Gasteiger charge is 2.47. The molecule has 1 saturated heterocycles. The molecule has 0 amide bonds. The molecule has 118 valence electrons. The lowest BCUT2D eigenvalue weighted by Crippen LogP contribution is -2.39. The van der Waals surface area contributed by atoms with E-state index in [-0.39, 0.29) is 40.9 Å². The zero-order valence-corrected chi connectivity index (χ0v) is 13.5. The Labute approximate surface area is 132 Å². The Kier molecular flexibility index (Phi) is 3.98. The molecule has 3 rings (SSSR count). The molecule has 2 heterocycles. The Bertz CT molecular complexity index is 731. The molecule has 5 nitrogen and oxygen atoms in total. The lowest BCUT2D eigenvalue weighted by Gasteiger charge is -2.26. The topological polar surface area (TPSA) is 66.8 Å². The van der Waals surface area contributed by atoms with Crippen LogP contribution < -0.4 is 4.90 Å². The molecule has 1 fully saturated rings. The Morgan fingerprint density at radius 2 is 2.05 bits per heavy atom. The number of thioether (sulfide) groups is 1. The molecule has 0 aromatic heterocycles. The Hall–Kier alpha value is -1.41. The average Bonchev–Trinajstić information content (AvgIpc) is 2.89. The summed E-state index contributed by atoms with van der Waals surface area (Å²) in [5.41, 5.74) is 0.695. The molecule has 0 saturated carbocycles. The van der Waals surface area contributed by atoms with Gasteiger partial charge in [0.1, 0.15) is 11.6 Å². The number of aliphatic imine (C=N–C) groups is 1. The summed E-state index contributed by atoms with van der Waals surface area (Å²) >= 11 is 1.29. The maximum absolute atomic E-state index is 13.1. The van der Waals surface area contributed by atoms with Crippen molar-refractivity contribution in [2.24, 2.45) is 4.99 Å². The molecule has 0 N–H and O–H groups in total. The van der Waals surface area contributed by atoms with E-state index in [2.05, 4.69) is 4.99 Å². The number of carbonyl (C=O) groups is 1. The molecular weight excluding hydrogens is 327 g/mol. The fraction of sp³-hybridized carbons (Fsp3) is 0.429. The van der Waals surface area contributed by atoms with Crippen LogP contribution in [0.3, 0.4) is 0 Å². The van der Waals surface area contributed by atoms with E-state index in [1.807, 2.05) is 4.90 Å². The normalized spacial score (nSPS) is 25.9. The quantitative estimate of drug-likeness (QED) is 0.833. The number of fused-ring (bicyclic) bond motifs is 1. The van der Waals surface area contributed by atoms with Crippen molar-refractivity contribution in [2.45, 2.75) is 19.0 Å². The first-order chi connectivity index (χ1) is 10.4. The van der Waals surface area contributed by atoms with E-state index in [9.17, 15) is 17.6 Å². The number of ketones is 1. The van der Waals surface area contributed by atoms with Gasteiger partial charge in [0.25, 0.3) is 0 Å². The molecule has 22 heavy (non-hydrogen) atoms. The van der Waals surface area contributed by atoms with Crippen molar-refractivity contribution < 1.29 is 17.6 Å². The molecule has 2 aliphatic rings. The number of anilines is 1. The van der Waals surface area contributed by atoms with Gasteiger partial charge in [-0.05, 0) is 31.2 Å².